The Morgan fingerprint density at radius 1 is 0.784 bits per heavy atom. The van der Waals surface area contributed by atoms with Gasteiger partial charge in [-0.1, -0.05) is 54.6 Å². The molecule has 0 N–H and O–H groups in total. The minimum Gasteiger partial charge on any atom is -0.545 e. The van der Waals surface area contributed by atoms with Crippen LogP contribution in [-0.2, 0) is 4.79 Å². The number of carboxylic acids is 1. The molecule has 184 valence electrons. The van der Waals surface area contributed by atoms with E-state index in [0.717, 1.165) is 25.8 Å². The minimum absolute atomic E-state index is 0.144. The number of nitrogens with zero attached hydrogens (tertiary/aromatic N) is 3. The first-order valence-corrected chi connectivity index (χ1v) is 12.0. The highest BCUT2D eigenvalue weighted by molar-refractivity contribution is 8.01. The third kappa shape index (κ3) is 3.97. The van der Waals surface area contributed by atoms with Gasteiger partial charge < -0.3 is 9.90 Å². The number of benzene rings is 3. The van der Waals surface area contributed by atoms with E-state index in [-0.39, 0.29) is 27.5 Å². The fourth-order valence-electron chi connectivity index (χ4n) is 4.24. The van der Waals surface area contributed by atoms with E-state index in [4.69, 9.17) is 0 Å². The van der Waals surface area contributed by atoms with E-state index in [1.165, 1.54) is 25.2 Å². The molecule has 0 fully saturated rings. The number of aromatic carboxylic acids is 1. The number of fused-ring (bicyclic) bond motifs is 1. The van der Waals surface area contributed by atoms with Crippen LogP contribution in [0.4, 0.5) is 5.82 Å². The van der Waals surface area contributed by atoms with Crippen molar-refractivity contribution in [3.63, 3.8) is 0 Å². The molecular weight excluding hydrogens is 494 g/mol. The Kier molecular flexibility index (Phi) is 6.10. The monoisotopic (exact) mass is 512 g/mol. The second-order valence-corrected chi connectivity index (χ2v) is 9.32. The molecule has 3 aromatic carbocycles. The van der Waals surface area contributed by atoms with E-state index in [9.17, 15) is 29.1 Å². The summed E-state index contributed by atoms with van der Waals surface area (Å²) in [5, 5.41) is 10.1. The van der Waals surface area contributed by atoms with Gasteiger partial charge in [0.05, 0.1) is 17.3 Å². The van der Waals surface area contributed by atoms with Gasteiger partial charge in [-0.25, -0.2) is 13.9 Å². The first kappa shape index (κ1) is 24.0. The number of carboxylic acid groups (broad SMARTS) is 1. The Balaban J connectivity index is 1.78. The third-order valence-corrected chi connectivity index (χ3v) is 7.23. The highest BCUT2D eigenvalue weighted by Crippen LogP contribution is 2.35. The van der Waals surface area contributed by atoms with Crippen molar-refractivity contribution in [3.05, 3.63) is 117 Å². The summed E-state index contributed by atoms with van der Waals surface area (Å²) in [5.41, 5.74) is -1.54. The Morgan fingerprint density at radius 2 is 1.32 bits per heavy atom. The van der Waals surface area contributed by atoms with Crippen LogP contribution >= 0.6 is 11.8 Å². The molecule has 0 saturated carbocycles. The van der Waals surface area contributed by atoms with Crippen molar-refractivity contribution in [2.24, 2.45) is 0 Å². The van der Waals surface area contributed by atoms with E-state index < -0.39 is 34.2 Å². The summed E-state index contributed by atoms with van der Waals surface area (Å²) in [7, 11) is 1.37. The maximum absolute atomic E-state index is 13.8. The molecule has 1 aliphatic rings. The first-order valence-electron chi connectivity index (χ1n) is 11.1. The zero-order valence-electron chi connectivity index (χ0n) is 19.4. The van der Waals surface area contributed by atoms with Crippen molar-refractivity contribution in [2.45, 2.75) is 10.1 Å². The maximum Gasteiger partial charge on any atom is 0.341 e. The highest BCUT2D eigenvalue weighted by Gasteiger charge is 2.43. The lowest BCUT2D eigenvalue weighted by molar-refractivity contribution is -0.255. The normalized spacial score (nSPS) is 14.9. The van der Waals surface area contributed by atoms with Gasteiger partial charge in [-0.3, -0.25) is 19.3 Å². The summed E-state index contributed by atoms with van der Waals surface area (Å²) in [6, 6.07) is 22.4. The topological polar surface area (TPSA) is 122 Å². The number of carbonyl (C=O) groups excluding carboxylic acids is 3. The summed E-state index contributed by atoms with van der Waals surface area (Å²) in [4.78, 5) is 67.5. The number of carbonyl (C=O) groups is 3. The van der Waals surface area contributed by atoms with Crippen molar-refractivity contribution in [2.75, 3.05) is 11.9 Å². The Morgan fingerprint density at radius 3 is 1.92 bits per heavy atom. The van der Waals surface area contributed by atoms with Gasteiger partial charge in [0.2, 0.25) is 5.91 Å². The molecule has 1 unspecified atom stereocenters. The number of anilines is 1. The van der Waals surface area contributed by atoms with Gasteiger partial charge in [0, 0.05) is 17.5 Å². The smallest absolute Gasteiger partial charge is 0.341 e. The molecular formula is C27H18N3O6S-. The number of thioether (sulfide) groups is 1. The van der Waals surface area contributed by atoms with Gasteiger partial charge in [0.25, 0.3) is 5.56 Å². The van der Waals surface area contributed by atoms with E-state index in [1.807, 2.05) is 0 Å². The highest BCUT2D eigenvalue weighted by atomic mass is 32.2. The van der Waals surface area contributed by atoms with Crippen LogP contribution in [0.25, 0.3) is 11.4 Å². The molecule has 1 amide bonds. The molecule has 0 aliphatic carbocycles. The maximum atomic E-state index is 13.8. The molecule has 10 heteroatoms. The fourth-order valence-corrected chi connectivity index (χ4v) is 5.41. The molecule has 1 aliphatic heterocycles. The quantitative estimate of drug-likeness (QED) is 0.373. The predicted molar refractivity (Wildman–Crippen MR) is 136 cm³/mol. The lowest BCUT2D eigenvalue weighted by Crippen LogP contribution is -2.53. The van der Waals surface area contributed by atoms with Crippen LogP contribution in [-0.4, -0.2) is 39.1 Å². The molecule has 9 nitrogen and oxygen atoms in total. The van der Waals surface area contributed by atoms with Gasteiger partial charge in [-0.05, 0) is 30.3 Å². The zero-order chi connectivity index (χ0) is 26.3. The number of amides is 1. The van der Waals surface area contributed by atoms with Crippen molar-refractivity contribution >= 4 is 35.2 Å². The number of ketones is 1. The number of hydrogen-bond donors (Lipinski definition) is 0. The van der Waals surface area contributed by atoms with E-state index in [0.29, 0.717) is 5.69 Å². The molecule has 37 heavy (non-hydrogen) atoms. The fraction of sp³-hybridized carbons (Fsp3) is 0.0741. The molecule has 0 saturated heterocycles. The summed E-state index contributed by atoms with van der Waals surface area (Å²) < 4.78 is 2.06. The zero-order valence-corrected chi connectivity index (χ0v) is 20.2. The molecule has 1 aromatic heterocycles. The van der Waals surface area contributed by atoms with Crippen LogP contribution in [0.3, 0.4) is 0 Å². The Labute approximate surface area is 214 Å². The number of Topliss-reactive ketones (excluding diaryl/α,β-unsaturated/α-hetero) is 1. The molecule has 1 atom stereocenters. The van der Waals surface area contributed by atoms with Crippen LogP contribution in [0, 0.1) is 0 Å². The third-order valence-electron chi connectivity index (χ3n) is 5.97. The van der Waals surface area contributed by atoms with Gasteiger partial charge in [-0.2, -0.15) is 0 Å². The van der Waals surface area contributed by atoms with Crippen LogP contribution in [0.5, 0.6) is 0 Å². The van der Waals surface area contributed by atoms with Crippen LogP contribution in [0.1, 0.15) is 20.7 Å². The van der Waals surface area contributed by atoms with Crippen LogP contribution in [0.15, 0.2) is 99.4 Å². The molecule has 2 heterocycles. The van der Waals surface area contributed by atoms with Crippen molar-refractivity contribution < 1.29 is 19.5 Å². The van der Waals surface area contributed by atoms with Crippen molar-refractivity contribution in [1.29, 1.82) is 0 Å². The second kappa shape index (κ2) is 9.40. The summed E-state index contributed by atoms with van der Waals surface area (Å²) >= 11 is 0.722. The van der Waals surface area contributed by atoms with Gasteiger partial charge in [0.15, 0.2) is 11.0 Å². The van der Waals surface area contributed by atoms with Gasteiger partial charge in [0.1, 0.15) is 11.4 Å². The van der Waals surface area contributed by atoms with E-state index >= 15 is 0 Å². The van der Waals surface area contributed by atoms with Crippen molar-refractivity contribution in [3.8, 4) is 11.4 Å². The number of para-hydroxylation sites is 2. The average Bonchev–Trinajstić information content (AvgIpc) is 2.91. The van der Waals surface area contributed by atoms with E-state index in [2.05, 4.69) is 0 Å². The first-order chi connectivity index (χ1) is 17.8. The van der Waals surface area contributed by atoms with Crippen LogP contribution in [0.2, 0.25) is 0 Å². The summed E-state index contributed by atoms with van der Waals surface area (Å²) in [6.45, 7) is 0. The minimum atomic E-state index is -1.46. The molecule has 0 bridgehead atoms. The van der Waals surface area contributed by atoms with Gasteiger partial charge >= 0.3 is 5.69 Å². The Hall–Kier alpha value is -4.70. The number of aromatic nitrogens is 2. The molecule has 4 aromatic rings. The number of hydrogen-bond acceptors (Lipinski definition) is 7. The van der Waals surface area contributed by atoms with Crippen LogP contribution < -0.4 is 21.3 Å². The van der Waals surface area contributed by atoms with Crippen molar-refractivity contribution in [1.82, 2.24) is 9.13 Å². The second-order valence-electron chi connectivity index (χ2n) is 8.17. The summed E-state index contributed by atoms with van der Waals surface area (Å²) in [5.74, 6) is -3.13. The lowest BCUT2D eigenvalue weighted by atomic mass is 10.0. The average molecular weight is 513 g/mol. The SMILES string of the molecule is CN1C(=O)C(Sc2ccccc2C(=O)[O-])C(=O)c2c1n(-c1ccccc1)c(=O)n(-c1ccccc1)c2=O. The standard InChI is InChI=1S/C27H19N3O6S/c1-28-23-20(21(31)22(25(28)33)37-19-15-9-8-14-18(19)26(34)35)24(32)30(17-12-6-3-7-13-17)27(36)29(23)16-10-4-2-5-11-16/h2-15,22H,1H3,(H,34,35)/p-1. The molecule has 5 rings (SSSR count). The predicted octanol–water partition coefficient (Wildman–Crippen LogP) is 1.67. The molecule has 0 radical (unpaired) electrons. The summed E-state index contributed by atoms with van der Waals surface area (Å²) in [6.07, 6.45) is 0. The molecule has 0 spiro atoms. The Bertz CT molecular complexity index is 1680. The van der Waals surface area contributed by atoms with E-state index in [1.54, 1.807) is 66.7 Å². The number of rotatable bonds is 5. The van der Waals surface area contributed by atoms with Gasteiger partial charge in [-0.15, -0.1) is 11.8 Å². The largest absolute Gasteiger partial charge is 0.545 e. The lowest BCUT2D eigenvalue weighted by Gasteiger charge is -2.32.